The Hall–Kier alpha value is -3.58. The van der Waals surface area contributed by atoms with Crippen LogP contribution in [0.3, 0.4) is 0 Å². The average molecular weight is 559 g/mol. The summed E-state index contributed by atoms with van der Waals surface area (Å²) < 4.78 is 0.959. The largest absolute Gasteiger partial charge is 0.481 e. The zero-order valence-corrected chi connectivity index (χ0v) is 22.0. The Kier molecular flexibility index (Phi) is 7.07. The first-order chi connectivity index (χ1) is 17.8. The van der Waals surface area contributed by atoms with Crippen molar-refractivity contribution in [2.75, 3.05) is 4.90 Å². The normalized spacial score (nSPS) is 20.9. The van der Waals surface area contributed by atoms with Crippen LogP contribution in [0, 0.1) is 12.8 Å². The lowest BCUT2D eigenvalue weighted by molar-refractivity contribution is -0.138. The molecule has 3 aromatic rings. The van der Waals surface area contributed by atoms with Crippen LogP contribution in [0.5, 0.6) is 0 Å². The van der Waals surface area contributed by atoms with E-state index < -0.39 is 17.9 Å². The molecule has 1 N–H and O–H groups in total. The molecule has 3 aromatic carbocycles. The van der Waals surface area contributed by atoms with E-state index in [4.69, 9.17) is 4.99 Å². The highest BCUT2D eigenvalue weighted by atomic mass is 79.9. The Morgan fingerprint density at radius 2 is 1.73 bits per heavy atom. The second-order valence-corrected chi connectivity index (χ2v) is 10.6. The second-order valence-electron chi connectivity index (χ2n) is 9.71. The number of benzene rings is 3. The number of carbonyl (C=O) groups is 3. The molecule has 0 saturated heterocycles. The lowest BCUT2D eigenvalue weighted by atomic mass is 9.72. The zero-order chi connectivity index (χ0) is 26.1. The standard InChI is InChI=1S/C30H27BrN2O4/c1-18-9-11-19(12-10-18)30-29-24(16-21(17-26(29)34)20-5-4-6-22(31)15-20)32-23-7-2-3-8-25(23)33(30)27(35)13-14-28(36)37/h2-12,15,21,29-30H,13-14,16-17H2,1H3,(H,36,37)/t21-,29-,30-/m0/s1. The van der Waals surface area contributed by atoms with Gasteiger partial charge in [0.2, 0.25) is 5.91 Å². The van der Waals surface area contributed by atoms with Crippen LogP contribution in [0.1, 0.15) is 54.3 Å². The molecule has 1 aliphatic heterocycles. The Balaban J connectivity index is 1.65. The van der Waals surface area contributed by atoms with E-state index in [-0.39, 0.29) is 30.4 Å². The number of aliphatic carboxylic acids is 1. The number of carboxylic acids is 1. The van der Waals surface area contributed by atoms with Crippen LogP contribution in [0.2, 0.25) is 0 Å². The molecule has 188 valence electrons. The third-order valence-electron chi connectivity index (χ3n) is 7.17. The number of aliphatic imine (C=N–C) groups is 1. The summed E-state index contributed by atoms with van der Waals surface area (Å²) in [4.78, 5) is 45.6. The van der Waals surface area contributed by atoms with Gasteiger partial charge in [0.1, 0.15) is 5.78 Å². The number of halogens is 1. The number of ketones is 1. The van der Waals surface area contributed by atoms with Gasteiger partial charge >= 0.3 is 5.97 Å². The molecule has 7 heteroatoms. The maximum absolute atomic E-state index is 14.0. The highest BCUT2D eigenvalue weighted by molar-refractivity contribution is 9.10. The maximum atomic E-state index is 14.0. The van der Waals surface area contributed by atoms with E-state index in [1.165, 1.54) is 0 Å². The monoisotopic (exact) mass is 558 g/mol. The van der Waals surface area contributed by atoms with E-state index in [1.807, 2.05) is 79.7 Å². The van der Waals surface area contributed by atoms with Gasteiger partial charge in [0.25, 0.3) is 0 Å². The van der Waals surface area contributed by atoms with Crippen molar-refractivity contribution in [3.8, 4) is 0 Å². The first-order valence-corrected chi connectivity index (χ1v) is 13.2. The van der Waals surface area contributed by atoms with Crippen molar-refractivity contribution in [1.29, 1.82) is 0 Å². The Morgan fingerprint density at radius 3 is 2.46 bits per heavy atom. The first-order valence-electron chi connectivity index (χ1n) is 12.4. The quantitative estimate of drug-likeness (QED) is 0.384. The SMILES string of the molecule is Cc1ccc([C@H]2[C@@H]3C(=O)C[C@@H](c4cccc(Br)c4)CC3=Nc3ccccc3N2C(=O)CCC(=O)O)cc1. The van der Waals surface area contributed by atoms with Gasteiger partial charge in [-0.2, -0.15) is 0 Å². The molecule has 0 unspecified atom stereocenters. The fourth-order valence-electron chi connectivity index (χ4n) is 5.42. The number of hydrogen-bond donors (Lipinski definition) is 1. The van der Waals surface area contributed by atoms with Crippen molar-refractivity contribution in [2.45, 2.75) is 44.6 Å². The maximum Gasteiger partial charge on any atom is 0.303 e. The second kappa shape index (κ2) is 10.4. The number of carboxylic acid groups (broad SMARTS) is 1. The van der Waals surface area contributed by atoms with Crippen molar-refractivity contribution in [3.63, 3.8) is 0 Å². The van der Waals surface area contributed by atoms with Gasteiger partial charge in [-0.3, -0.25) is 19.4 Å². The third-order valence-corrected chi connectivity index (χ3v) is 7.66. The molecular weight excluding hydrogens is 532 g/mol. The number of amides is 1. The van der Waals surface area contributed by atoms with E-state index in [2.05, 4.69) is 15.9 Å². The lowest BCUT2D eigenvalue weighted by Gasteiger charge is -2.39. The Morgan fingerprint density at radius 1 is 0.973 bits per heavy atom. The summed E-state index contributed by atoms with van der Waals surface area (Å²) in [6.45, 7) is 1.99. The smallest absolute Gasteiger partial charge is 0.303 e. The van der Waals surface area contributed by atoms with Crippen molar-refractivity contribution in [2.24, 2.45) is 10.9 Å². The fraction of sp³-hybridized carbons (Fsp3) is 0.267. The molecule has 1 aliphatic carbocycles. The summed E-state index contributed by atoms with van der Waals surface area (Å²) in [5.74, 6) is -1.97. The molecule has 2 aliphatic rings. The minimum Gasteiger partial charge on any atom is -0.481 e. The van der Waals surface area contributed by atoms with Gasteiger partial charge in [-0.15, -0.1) is 0 Å². The lowest BCUT2D eigenvalue weighted by Crippen LogP contribution is -2.45. The third kappa shape index (κ3) is 5.14. The van der Waals surface area contributed by atoms with Gasteiger partial charge in [-0.1, -0.05) is 70.0 Å². The molecule has 1 amide bonds. The molecule has 37 heavy (non-hydrogen) atoms. The van der Waals surface area contributed by atoms with E-state index >= 15 is 0 Å². The number of rotatable bonds is 5. The summed E-state index contributed by atoms with van der Waals surface area (Å²) in [6, 6.07) is 22.6. The summed E-state index contributed by atoms with van der Waals surface area (Å²) in [5.41, 5.74) is 4.94. The van der Waals surface area contributed by atoms with Crippen LogP contribution < -0.4 is 4.90 Å². The van der Waals surface area contributed by atoms with Crippen LogP contribution in [-0.2, 0) is 14.4 Å². The van der Waals surface area contributed by atoms with Gasteiger partial charge in [0.15, 0.2) is 0 Å². The van der Waals surface area contributed by atoms with Gasteiger partial charge in [-0.25, -0.2) is 0 Å². The number of anilines is 1. The number of hydrogen-bond acceptors (Lipinski definition) is 4. The molecule has 0 aromatic heterocycles. The van der Waals surface area contributed by atoms with E-state index in [0.717, 1.165) is 26.9 Å². The molecular formula is C30H27BrN2O4. The van der Waals surface area contributed by atoms with Crippen molar-refractivity contribution >= 4 is 50.7 Å². The van der Waals surface area contributed by atoms with Gasteiger partial charge in [0, 0.05) is 23.0 Å². The number of para-hydroxylation sites is 2. The van der Waals surface area contributed by atoms with Crippen molar-refractivity contribution < 1.29 is 19.5 Å². The number of nitrogens with zero attached hydrogens (tertiary/aromatic N) is 2. The summed E-state index contributed by atoms with van der Waals surface area (Å²) >= 11 is 3.54. The minimum atomic E-state index is -1.04. The predicted molar refractivity (Wildman–Crippen MR) is 146 cm³/mol. The molecule has 0 spiro atoms. The molecule has 3 atom stereocenters. The summed E-state index contributed by atoms with van der Waals surface area (Å²) in [6.07, 6.45) is 0.495. The number of aryl methyl sites for hydroxylation is 1. The predicted octanol–water partition coefficient (Wildman–Crippen LogP) is 6.55. The molecule has 0 radical (unpaired) electrons. The molecule has 1 heterocycles. The topological polar surface area (TPSA) is 87.0 Å². The Bertz CT molecular complexity index is 1400. The van der Waals surface area contributed by atoms with Crippen LogP contribution >= 0.6 is 15.9 Å². The number of fused-ring (bicyclic) bond motifs is 2. The minimum absolute atomic E-state index is 0.0138. The van der Waals surface area contributed by atoms with Crippen molar-refractivity contribution in [3.05, 3.63) is 94.0 Å². The number of Topliss-reactive ketones (excluding diaryl/α,β-unsaturated/α-hetero) is 1. The van der Waals surface area contributed by atoms with Gasteiger partial charge < -0.3 is 10.0 Å². The molecule has 6 nitrogen and oxygen atoms in total. The molecule has 0 bridgehead atoms. The highest BCUT2D eigenvalue weighted by Crippen LogP contribution is 2.47. The summed E-state index contributed by atoms with van der Waals surface area (Å²) in [7, 11) is 0. The zero-order valence-electron chi connectivity index (χ0n) is 20.4. The Labute approximate surface area is 224 Å². The van der Waals surface area contributed by atoms with Crippen LogP contribution in [0.15, 0.2) is 82.3 Å². The van der Waals surface area contributed by atoms with Gasteiger partial charge in [-0.05, 0) is 54.7 Å². The molecule has 1 fully saturated rings. The van der Waals surface area contributed by atoms with E-state index in [9.17, 15) is 19.5 Å². The number of carbonyl (C=O) groups excluding carboxylic acids is 2. The van der Waals surface area contributed by atoms with E-state index in [1.54, 1.807) is 4.90 Å². The summed E-state index contributed by atoms with van der Waals surface area (Å²) in [5, 5.41) is 9.26. The fourth-order valence-corrected chi connectivity index (χ4v) is 5.84. The average Bonchev–Trinajstić information content (AvgIpc) is 3.02. The van der Waals surface area contributed by atoms with Crippen molar-refractivity contribution in [1.82, 2.24) is 0 Å². The van der Waals surface area contributed by atoms with Gasteiger partial charge in [0.05, 0.1) is 29.8 Å². The van der Waals surface area contributed by atoms with E-state index in [0.29, 0.717) is 24.2 Å². The first kappa shape index (κ1) is 25.1. The van der Waals surface area contributed by atoms with Crippen LogP contribution in [-0.4, -0.2) is 28.5 Å². The molecule has 5 rings (SSSR count). The molecule has 1 saturated carbocycles. The highest BCUT2D eigenvalue weighted by Gasteiger charge is 2.46. The van der Waals surface area contributed by atoms with Crippen LogP contribution in [0.4, 0.5) is 11.4 Å². The van der Waals surface area contributed by atoms with Crippen LogP contribution in [0.25, 0.3) is 0 Å².